The van der Waals surface area contributed by atoms with Gasteiger partial charge in [-0.05, 0) is 35.6 Å². The summed E-state index contributed by atoms with van der Waals surface area (Å²) in [6.45, 7) is 3.38. The molecule has 2 aromatic carbocycles. The number of hydrogen-bond acceptors (Lipinski definition) is 5. The van der Waals surface area contributed by atoms with Gasteiger partial charge in [0.25, 0.3) is 0 Å². The summed E-state index contributed by atoms with van der Waals surface area (Å²) in [5.74, 6) is -2.48. The molecule has 0 heterocycles. The number of ether oxygens (including phenoxy) is 1. The maximum atomic E-state index is 13.4. The van der Waals surface area contributed by atoms with E-state index in [1.54, 1.807) is 44.2 Å². The van der Waals surface area contributed by atoms with E-state index < -0.39 is 54.4 Å². The SMILES string of the molecule is CC(C)C[C@H](NC(=O)[C@H](Cc1ccc(F)cc1)NC(=O)OCc1ccccc1)C(=O)NC(C=O)CC(F)(F)F. The summed E-state index contributed by atoms with van der Waals surface area (Å²) >= 11 is 0. The van der Waals surface area contributed by atoms with Crippen LogP contribution in [0.2, 0.25) is 0 Å². The van der Waals surface area contributed by atoms with Gasteiger partial charge in [0.05, 0.1) is 12.5 Å². The highest BCUT2D eigenvalue weighted by Crippen LogP contribution is 2.21. The molecule has 0 aromatic heterocycles. The molecule has 2 rings (SSSR count). The molecule has 0 saturated heterocycles. The molecule has 0 bridgehead atoms. The van der Waals surface area contributed by atoms with Crippen LogP contribution in [-0.2, 0) is 32.1 Å². The van der Waals surface area contributed by atoms with E-state index in [9.17, 15) is 36.7 Å². The van der Waals surface area contributed by atoms with E-state index in [1.807, 2.05) is 5.32 Å². The lowest BCUT2D eigenvalue weighted by molar-refractivity contribution is -0.147. The first-order chi connectivity index (χ1) is 18.4. The predicted molar refractivity (Wildman–Crippen MR) is 134 cm³/mol. The fourth-order valence-corrected chi connectivity index (χ4v) is 3.61. The summed E-state index contributed by atoms with van der Waals surface area (Å²) < 4.78 is 56.8. The number of carbonyl (C=O) groups excluding carboxylic acids is 4. The third-order valence-corrected chi connectivity index (χ3v) is 5.46. The van der Waals surface area contributed by atoms with Gasteiger partial charge in [-0.2, -0.15) is 13.2 Å². The van der Waals surface area contributed by atoms with Crippen LogP contribution in [0.5, 0.6) is 0 Å². The minimum absolute atomic E-state index is 0.0265. The molecule has 1 unspecified atom stereocenters. The first kappa shape index (κ1) is 31.3. The highest BCUT2D eigenvalue weighted by Gasteiger charge is 2.34. The monoisotopic (exact) mass is 553 g/mol. The second kappa shape index (κ2) is 14.8. The smallest absolute Gasteiger partial charge is 0.408 e. The molecule has 3 atom stereocenters. The molecule has 12 heteroatoms. The lowest BCUT2D eigenvalue weighted by atomic mass is 10.0. The van der Waals surface area contributed by atoms with Crippen LogP contribution in [-0.4, -0.2) is 48.5 Å². The Morgan fingerprint density at radius 2 is 1.49 bits per heavy atom. The first-order valence-electron chi connectivity index (χ1n) is 12.2. The standard InChI is InChI=1S/C27H31F4N3O5/c1-17(2)12-22(24(36)32-21(15-35)14-27(29,30)31)33-25(37)23(13-18-8-10-20(28)11-9-18)34-26(38)39-16-19-6-4-3-5-7-19/h3-11,15,17,21-23H,12-14,16H2,1-2H3,(H,32,36)(H,33,37)(H,34,38)/t21?,22-,23-/m0/s1. The van der Waals surface area contributed by atoms with Crippen LogP contribution in [0.15, 0.2) is 54.6 Å². The van der Waals surface area contributed by atoms with Crippen molar-refractivity contribution in [1.29, 1.82) is 0 Å². The fraction of sp³-hybridized carbons (Fsp3) is 0.407. The maximum Gasteiger partial charge on any atom is 0.408 e. The number of benzene rings is 2. The fourth-order valence-electron chi connectivity index (χ4n) is 3.61. The van der Waals surface area contributed by atoms with E-state index in [2.05, 4.69) is 10.6 Å². The number of alkyl halides is 3. The maximum absolute atomic E-state index is 13.4. The molecule has 3 N–H and O–H groups in total. The Morgan fingerprint density at radius 1 is 0.872 bits per heavy atom. The van der Waals surface area contributed by atoms with Gasteiger partial charge in [0.2, 0.25) is 11.8 Å². The molecule has 39 heavy (non-hydrogen) atoms. The van der Waals surface area contributed by atoms with Gasteiger partial charge >= 0.3 is 12.3 Å². The predicted octanol–water partition coefficient (Wildman–Crippen LogP) is 3.83. The van der Waals surface area contributed by atoms with E-state index in [0.717, 1.165) is 0 Å². The number of aldehydes is 1. The molecule has 0 saturated carbocycles. The summed E-state index contributed by atoms with van der Waals surface area (Å²) in [4.78, 5) is 49.6. The Bertz CT molecular complexity index is 1090. The van der Waals surface area contributed by atoms with Crippen LogP contribution in [0.1, 0.15) is 37.8 Å². The van der Waals surface area contributed by atoms with Gasteiger partial charge in [-0.3, -0.25) is 9.59 Å². The van der Waals surface area contributed by atoms with Gasteiger partial charge < -0.3 is 25.5 Å². The summed E-state index contributed by atoms with van der Waals surface area (Å²) in [6, 6.07) is 9.53. The van der Waals surface area contributed by atoms with Crippen LogP contribution in [0.3, 0.4) is 0 Å². The average molecular weight is 554 g/mol. The molecule has 8 nitrogen and oxygen atoms in total. The summed E-state index contributed by atoms with van der Waals surface area (Å²) in [5, 5.41) is 6.90. The number of carbonyl (C=O) groups is 4. The van der Waals surface area contributed by atoms with Crippen molar-refractivity contribution >= 4 is 24.2 Å². The largest absolute Gasteiger partial charge is 0.445 e. The van der Waals surface area contributed by atoms with Gasteiger partial charge in [0.15, 0.2) is 0 Å². The Kier molecular flexibility index (Phi) is 11.9. The number of rotatable bonds is 13. The average Bonchev–Trinajstić information content (AvgIpc) is 2.87. The van der Waals surface area contributed by atoms with Crippen LogP contribution in [0.25, 0.3) is 0 Å². The molecule has 0 radical (unpaired) electrons. The van der Waals surface area contributed by atoms with E-state index >= 15 is 0 Å². The lowest BCUT2D eigenvalue weighted by Crippen LogP contribution is -2.56. The summed E-state index contributed by atoms with van der Waals surface area (Å²) in [6.07, 6.45) is -7.28. The topological polar surface area (TPSA) is 114 Å². The molecular weight excluding hydrogens is 522 g/mol. The Morgan fingerprint density at radius 3 is 2.05 bits per heavy atom. The highest BCUT2D eigenvalue weighted by atomic mass is 19.4. The van der Waals surface area contributed by atoms with Gasteiger partial charge in [-0.1, -0.05) is 56.3 Å². The van der Waals surface area contributed by atoms with Crippen molar-refractivity contribution < 1.29 is 41.5 Å². The van der Waals surface area contributed by atoms with Crippen LogP contribution in [0.4, 0.5) is 22.4 Å². The molecule has 2 aromatic rings. The molecule has 212 valence electrons. The van der Waals surface area contributed by atoms with Gasteiger partial charge in [0.1, 0.15) is 30.8 Å². The van der Waals surface area contributed by atoms with Crippen molar-refractivity contribution in [2.45, 2.75) is 64.0 Å². The summed E-state index contributed by atoms with van der Waals surface area (Å²) in [7, 11) is 0. The van der Waals surface area contributed by atoms with E-state index in [-0.39, 0.29) is 31.7 Å². The normalized spacial score (nSPS) is 13.6. The highest BCUT2D eigenvalue weighted by molar-refractivity contribution is 5.92. The molecule has 0 aliphatic rings. The third kappa shape index (κ3) is 12.0. The minimum atomic E-state index is -4.69. The zero-order chi connectivity index (χ0) is 29.0. The van der Waals surface area contributed by atoms with E-state index in [4.69, 9.17) is 4.74 Å². The van der Waals surface area contributed by atoms with Crippen LogP contribution >= 0.6 is 0 Å². The molecular formula is C27H31F4N3O5. The first-order valence-corrected chi connectivity index (χ1v) is 12.2. The van der Waals surface area contributed by atoms with Crippen molar-refractivity contribution in [2.75, 3.05) is 0 Å². The third-order valence-electron chi connectivity index (χ3n) is 5.46. The van der Waals surface area contributed by atoms with Crippen LogP contribution < -0.4 is 16.0 Å². The number of alkyl carbamates (subject to hydrolysis) is 1. The zero-order valence-electron chi connectivity index (χ0n) is 21.5. The quantitative estimate of drug-likeness (QED) is 0.258. The Balaban J connectivity index is 2.17. The number of hydrogen-bond donors (Lipinski definition) is 3. The zero-order valence-corrected chi connectivity index (χ0v) is 21.5. The number of amides is 3. The van der Waals surface area contributed by atoms with E-state index in [0.29, 0.717) is 11.1 Å². The second-order valence-electron chi connectivity index (χ2n) is 9.35. The van der Waals surface area contributed by atoms with Gasteiger partial charge in [-0.25, -0.2) is 9.18 Å². The molecule has 0 fully saturated rings. The minimum Gasteiger partial charge on any atom is -0.445 e. The molecule has 0 aliphatic carbocycles. The van der Waals surface area contributed by atoms with Crippen molar-refractivity contribution in [1.82, 2.24) is 16.0 Å². The second-order valence-corrected chi connectivity index (χ2v) is 9.35. The van der Waals surface area contributed by atoms with Gasteiger partial charge in [0, 0.05) is 6.42 Å². The van der Waals surface area contributed by atoms with Crippen LogP contribution in [0, 0.1) is 11.7 Å². The van der Waals surface area contributed by atoms with Gasteiger partial charge in [-0.15, -0.1) is 0 Å². The molecule has 3 amide bonds. The van der Waals surface area contributed by atoms with E-state index in [1.165, 1.54) is 24.3 Å². The van der Waals surface area contributed by atoms with Crippen molar-refractivity contribution in [2.24, 2.45) is 5.92 Å². The Hall–Kier alpha value is -3.96. The van der Waals surface area contributed by atoms with Crippen molar-refractivity contribution in [3.8, 4) is 0 Å². The summed E-state index contributed by atoms with van der Waals surface area (Å²) in [5.41, 5.74) is 1.18. The Labute approximate surface area is 223 Å². The van der Waals surface area contributed by atoms with Crippen molar-refractivity contribution in [3.63, 3.8) is 0 Å². The molecule has 0 aliphatic heterocycles. The molecule has 0 spiro atoms. The number of nitrogens with one attached hydrogen (secondary N) is 3. The van der Waals surface area contributed by atoms with Crippen molar-refractivity contribution in [3.05, 3.63) is 71.5 Å². The lowest BCUT2D eigenvalue weighted by Gasteiger charge is -2.25. The number of halogens is 4.